The molecule has 0 aromatic carbocycles. The van der Waals surface area contributed by atoms with E-state index in [2.05, 4.69) is 0 Å². The van der Waals surface area contributed by atoms with E-state index < -0.39 is 21.6 Å². The number of hydrogen-bond acceptors (Lipinski definition) is 4. The van der Waals surface area contributed by atoms with E-state index in [1.165, 1.54) is 19.1 Å². The molecule has 0 atom stereocenters. The first-order chi connectivity index (χ1) is 6.96. The maximum Gasteiger partial charge on any atom is 0.430 e. The standard InChI is InChI=1S/C9H24NO4PSi/c1-9(2,3)10(14-16(6,7)8)15(11,12-4)13-5/h1-8H3. The Morgan fingerprint density at radius 3 is 1.62 bits per heavy atom. The third-order valence-electron chi connectivity index (χ3n) is 1.62. The van der Waals surface area contributed by atoms with Gasteiger partial charge in [0, 0.05) is 19.8 Å². The molecule has 0 saturated heterocycles. The van der Waals surface area contributed by atoms with Crippen LogP contribution in [0.5, 0.6) is 0 Å². The summed E-state index contributed by atoms with van der Waals surface area (Å²) < 4.78 is 28.1. The van der Waals surface area contributed by atoms with Crippen LogP contribution in [0.25, 0.3) is 0 Å². The third kappa shape index (κ3) is 4.65. The Morgan fingerprint density at radius 1 is 1.06 bits per heavy atom. The summed E-state index contributed by atoms with van der Waals surface area (Å²) in [6.07, 6.45) is 0. The molecule has 0 aliphatic rings. The molecule has 5 nitrogen and oxygen atoms in total. The molecule has 0 rings (SSSR count). The van der Waals surface area contributed by atoms with Gasteiger partial charge < -0.3 is 4.53 Å². The van der Waals surface area contributed by atoms with E-state index in [9.17, 15) is 4.57 Å². The van der Waals surface area contributed by atoms with Crippen molar-refractivity contribution in [3.05, 3.63) is 0 Å². The molecular formula is C9H24NO4PSi. The average Bonchev–Trinajstić information content (AvgIpc) is 2.10. The van der Waals surface area contributed by atoms with Crippen molar-refractivity contribution in [1.29, 1.82) is 0 Å². The zero-order valence-electron chi connectivity index (χ0n) is 11.5. The van der Waals surface area contributed by atoms with Gasteiger partial charge in [-0.2, -0.15) is 0 Å². The molecule has 0 heterocycles. The van der Waals surface area contributed by atoms with Crippen molar-refractivity contribution in [2.45, 2.75) is 46.0 Å². The van der Waals surface area contributed by atoms with Gasteiger partial charge in [0.2, 0.25) is 8.32 Å². The molecule has 0 aliphatic heterocycles. The van der Waals surface area contributed by atoms with Crippen LogP contribution >= 0.6 is 7.75 Å². The monoisotopic (exact) mass is 269 g/mol. The van der Waals surface area contributed by atoms with Gasteiger partial charge in [0.25, 0.3) is 0 Å². The average molecular weight is 269 g/mol. The van der Waals surface area contributed by atoms with Crippen LogP contribution in [0.4, 0.5) is 0 Å². The summed E-state index contributed by atoms with van der Waals surface area (Å²) in [5.41, 5.74) is -0.457. The van der Waals surface area contributed by atoms with Crippen LogP contribution in [-0.4, -0.2) is 32.9 Å². The van der Waals surface area contributed by atoms with Crippen molar-refractivity contribution in [1.82, 2.24) is 4.83 Å². The molecule has 0 radical (unpaired) electrons. The van der Waals surface area contributed by atoms with Gasteiger partial charge in [-0.25, -0.2) is 4.57 Å². The Kier molecular flexibility index (Phi) is 5.38. The Labute approximate surface area is 99.7 Å². The van der Waals surface area contributed by atoms with Crippen LogP contribution in [0, 0.1) is 0 Å². The van der Waals surface area contributed by atoms with Crippen molar-refractivity contribution in [2.75, 3.05) is 14.2 Å². The van der Waals surface area contributed by atoms with Crippen LogP contribution in [-0.2, 0) is 18.1 Å². The second kappa shape index (κ2) is 5.29. The Morgan fingerprint density at radius 2 is 1.44 bits per heavy atom. The lowest BCUT2D eigenvalue weighted by molar-refractivity contribution is -0.0765. The normalized spacial score (nSPS) is 14.6. The van der Waals surface area contributed by atoms with Crippen molar-refractivity contribution in [2.24, 2.45) is 0 Å². The van der Waals surface area contributed by atoms with E-state index in [1.54, 1.807) is 0 Å². The summed E-state index contributed by atoms with van der Waals surface area (Å²) in [6.45, 7) is 11.7. The Balaban J connectivity index is 5.19. The highest BCUT2D eigenvalue weighted by atomic mass is 31.2. The van der Waals surface area contributed by atoms with Crippen LogP contribution in [0.15, 0.2) is 0 Å². The van der Waals surface area contributed by atoms with Gasteiger partial charge in [-0.3, -0.25) is 9.05 Å². The van der Waals surface area contributed by atoms with Gasteiger partial charge in [0.15, 0.2) is 0 Å². The fourth-order valence-electron chi connectivity index (χ4n) is 1.04. The summed E-state index contributed by atoms with van der Waals surface area (Å²) in [7, 11) is -2.53. The van der Waals surface area contributed by atoms with E-state index >= 15 is 0 Å². The molecule has 0 N–H and O–H groups in total. The molecule has 0 fully saturated rings. The lowest BCUT2D eigenvalue weighted by Gasteiger charge is -2.40. The minimum Gasteiger partial charge on any atom is -0.333 e. The first-order valence-electron chi connectivity index (χ1n) is 5.17. The molecule has 0 aromatic rings. The molecule has 0 unspecified atom stereocenters. The van der Waals surface area contributed by atoms with Gasteiger partial charge in [0.05, 0.1) is 0 Å². The van der Waals surface area contributed by atoms with Crippen LogP contribution in [0.3, 0.4) is 0 Å². The minimum atomic E-state index is -3.36. The van der Waals surface area contributed by atoms with Gasteiger partial charge >= 0.3 is 7.75 Å². The molecule has 16 heavy (non-hydrogen) atoms. The molecule has 0 bridgehead atoms. The molecule has 0 aromatic heterocycles. The lowest BCUT2D eigenvalue weighted by atomic mass is 10.1. The maximum atomic E-state index is 12.4. The molecular weight excluding hydrogens is 245 g/mol. The van der Waals surface area contributed by atoms with E-state index in [0.29, 0.717) is 0 Å². The molecule has 98 valence electrons. The van der Waals surface area contributed by atoms with Crippen molar-refractivity contribution < 1.29 is 18.1 Å². The van der Waals surface area contributed by atoms with Gasteiger partial charge in [0.1, 0.15) is 0 Å². The largest absolute Gasteiger partial charge is 0.430 e. The molecule has 0 spiro atoms. The molecule has 0 aliphatic carbocycles. The predicted molar refractivity (Wildman–Crippen MR) is 67.6 cm³/mol. The number of hydrogen-bond donors (Lipinski definition) is 0. The lowest BCUT2D eigenvalue weighted by Crippen LogP contribution is -2.46. The molecule has 0 saturated carbocycles. The highest BCUT2D eigenvalue weighted by molar-refractivity contribution is 7.51. The minimum absolute atomic E-state index is 0.457. The van der Waals surface area contributed by atoms with Crippen LogP contribution < -0.4 is 0 Å². The van der Waals surface area contributed by atoms with E-state index in [4.69, 9.17) is 13.6 Å². The zero-order valence-corrected chi connectivity index (χ0v) is 13.4. The number of hydroxylamine groups is 1. The quantitative estimate of drug-likeness (QED) is 0.435. The van der Waals surface area contributed by atoms with Gasteiger partial charge in [-0.1, -0.05) is 4.83 Å². The zero-order chi connectivity index (χ0) is 13.2. The Hall–Kier alpha value is 0.287. The molecule has 7 heteroatoms. The summed E-state index contributed by atoms with van der Waals surface area (Å²) in [4.78, 5) is 1.37. The van der Waals surface area contributed by atoms with E-state index in [1.807, 2.05) is 40.4 Å². The summed E-state index contributed by atoms with van der Waals surface area (Å²) in [6, 6.07) is 0. The van der Waals surface area contributed by atoms with E-state index in [0.717, 1.165) is 0 Å². The summed E-state index contributed by atoms with van der Waals surface area (Å²) in [5, 5.41) is 0. The maximum absolute atomic E-state index is 12.4. The second-order valence-corrected chi connectivity index (χ2v) is 11.9. The van der Waals surface area contributed by atoms with Crippen molar-refractivity contribution >= 4 is 16.1 Å². The third-order valence-corrected chi connectivity index (χ3v) is 4.55. The summed E-state index contributed by atoms with van der Waals surface area (Å²) in [5.74, 6) is 0. The highest BCUT2D eigenvalue weighted by Gasteiger charge is 2.43. The van der Waals surface area contributed by atoms with E-state index in [-0.39, 0.29) is 0 Å². The van der Waals surface area contributed by atoms with Gasteiger partial charge in [-0.05, 0) is 40.4 Å². The molecule has 0 amide bonds. The predicted octanol–water partition coefficient (Wildman–Crippen LogP) is 3.25. The van der Waals surface area contributed by atoms with Crippen LogP contribution in [0.1, 0.15) is 20.8 Å². The highest BCUT2D eigenvalue weighted by Crippen LogP contribution is 2.54. The van der Waals surface area contributed by atoms with Gasteiger partial charge in [-0.15, -0.1) is 0 Å². The Bertz CT molecular complexity index is 264. The fourth-order valence-corrected chi connectivity index (χ4v) is 4.14. The van der Waals surface area contributed by atoms with Crippen molar-refractivity contribution in [3.63, 3.8) is 0 Å². The smallest absolute Gasteiger partial charge is 0.333 e. The first kappa shape index (κ1) is 16.3. The summed E-state index contributed by atoms with van der Waals surface area (Å²) >= 11 is 0. The first-order valence-corrected chi connectivity index (χ1v) is 10.1. The number of nitrogens with zero attached hydrogens (tertiary/aromatic N) is 1. The fraction of sp³-hybridized carbons (Fsp3) is 1.00. The number of rotatable bonds is 5. The SMILES string of the molecule is COP(=O)(OC)N(O[Si](C)(C)C)C(C)(C)C. The second-order valence-electron chi connectivity index (χ2n) is 5.48. The van der Waals surface area contributed by atoms with Crippen LogP contribution in [0.2, 0.25) is 19.6 Å². The van der Waals surface area contributed by atoms with Crippen molar-refractivity contribution in [3.8, 4) is 0 Å². The topological polar surface area (TPSA) is 48.0 Å².